The molecule has 0 aliphatic carbocycles. The zero-order chi connectivity index (χ0) is 19.9. The molecule has 0 spiro atoms. The summed E-state index contributed by atoms with van der Waals surface area (Å²) in [4.78, 5) is 14.4. The molecule has 0 aromatic heterocycles. The molecule has 2 amide bonds. The van der Waals surface area contributed by atoms with Crippen molar-refractivity contribution in [2.75, 3.05) is 25.5 Å². The average Bonchev–Trinajstić information content (AvgIpc) is 2.70. The molecule has 7 heteroatoms. The Hall–Kier alpha value is -3.11. The van der Waals surface area contributed by atoms with Gasteiger partial charge in [-0.25, -0.2) is 9.18 Å². The molecule has 1 heterocycles. The molecule has 6 nitrogen and oxygen atoms in total. The van der Waals surface area contributed by atoms with Gasteiger partial charge in [0.25, 0.3) is 0 Å². The van der Waals surface area contributed by atoms with Gasteiger partial charge >= 0.3 is 6.03 Å². The normalized spacial score (nSPS) is 14.9. The summed E-state index contributed by atoms with van der Waals surface area (Å²) in [6.45, 7) is 2.33. The van der Waals surface area contributed by atoms with E-state index in [0.717, 1.165) is 31.5 Å². The van der Waals surface area contributed by atoms with Gasteiger partial charge in [0.2, 0.25) is 0 Å². The number of nitrogens with one attached hydrogen (secondary N) is 2. The summed E-state index contributed by atoms with van der Waals surface area (Å²) in [5.74, 6) is -0.101. The highest BCUT2D eigenvalue weighted by Crippen LogP contribution is 2.20. The van der Waals surface area contributed by atoms with Crippen LogP contribution in [0, 0.1) is 17.1 Å². The fourth-order valence-electron chi connectivity index (χ4n) is 3.28. The molecule has 2 aromatic rings. The number of benzene rings is 2. The van der Waals surface area contributed by atoms with Gasteiger partial charge in [0, 0.05) is 31.4 Å². The van der Waals surface area contributed by atoms with Crippen LogP contribution in [0.5, 0.6) is 5.75 Å². The van der Waals surface area contributed by atoms with Crippen molar-refractivity contribution in [2.45, 2.75) is 25.4 Å². The van der Waals surface area contributed by atoms with Crippen LogP contribution in [-0.2, 0) is 6.54 Å². The van der Waals surface area contributed by atoms with E-state index in [1.165, 1.54) is 13.2 Å². The summed E-state index contributed by atoms with van der Waals surface area (Å²) in [6.07, 6.45) is 1.67. The van der Waals surface area contributed by atoms with Crippen LogP contribution in [0.3, 0.4) is 0 Å². The number of hydrogen-bond acceptors (Lipinski definition) is 4. The predicted molar refractivity (Wildman–Crippen MR) is 105 cm³/mol. The van der Waals surface area contributed by atoms with Crippen LogP contribution in [0.2, 0.25) is 0 Å². The smallest absolute Gasteiger partial charge is 0.319 e. The van der Waals surface area contributed by atoms with E-state index in [9.17, 15) is 9.18 Å². The first-order chi connectivity index (χ1) is 13.6. The first-order valence-electron chi connectivity index (χ1n) is 9.20. The molecule has 0 unspecified atom stereocenters. The number of nitrogens with zero attached hydrogens (tertiary/aromatic N) is 2. The van der Waals surface area contributed by atoms with E-state index in [0.29, 0.717) is 17.8 Å². The third kappa shape index (κ3) is 5.21. The van der Waals surface area contributed by atoms with Gasteiger partial charge in [-0.15, -0.1) is 0 Å². The topological polar surface area (TPSA) is 77.4 Å². The summed E-state index contributed by atoms with van der Waals surface area (Å²) in [5, 5.41) is 14.6. The van der Waals surface area contributed by atoms with Gasteiger partial charge in [0.15, 0.2) is 11.6 Å². The fourth-order valence-corrected chi connectivity index (χ4v) is 3.28. The first kappa shape index (κ1) is 19.6. The van der Waals surface area contributed by atoms with Gasteiger partial charge in [-0.3, -0.25) is 4.90 Å². The van der Waals surface area contributed by atoms with Crippen LogP contribution in [-0.4, -0.2) is 37.2 Å². The summed E-state index contributed by atoms with van der Waals surface area (Å²) < 4.78 is 18.8. The monoisotopic (exact) mass is 382 g/mol. The number of methoxy groups -OCH3 is 1. The highest BCUT2D eigenvalue weighted by molar-refractivity contribution is 5.89. The minimum absolute atomic E-state index is 0.0993. The Labute approximate surface area is 163 Å². The van der Waals surface area contributed by atoms with Crippen LogP contribution in [0.15, 0.2) is 42.5 Å². The number of nitriles is 1. The molecule has 1 saturated heterocycles. The quantitative estimate of drug-likeness (QED) is 0.830. The third-order valence-electron chi connectivity index (χ3n) is 4.82. The van der Waals surface area contributed by atoms with Crippen LogP contribution < -0.4 is 15.4 Å². The highest BCUT2D eigenvalue weighted by Gasteiger charge is 2.21. The second-order valence-electron chi connectivity index (χ2n) is 6.81. The Morgan fingerprint density at radius 1 is 1.25 bits per heavy atom. The summed E-state index contributed by atoms with van der Waals surface area (Å²) in [5.41, 5.74) is 2.11. The molecule has 146 valence electrons. The second kappa shape index (κ2) is 9.20. The zero-order valence-corrected chi connectivity index (χ0v) is 15.7. The van der Waals surface area contributed by atoms with Crippen molar-refractivity contribution in [1.29, 1.82) is 5.26 Å². The van der Waals surface area contributed by atoms with Crippen LogP contribution in [0.1, 0.15) is 24.0 Å². The molecule has 2 N–H and O–H groups in total. The van der Waals surface area contributed by atoms with Crippen molar-refractivity contribution in [1.82, 2.24) is 10.2 Å². The highest BCUT2D eigenvalue weighted by atomic mass is 19.1. The van der Waals surface area contributed by atoms with E-state index in [1.807, 2.05) is 12.1 Å². The number of carbonyl (C=O) groups excluding carboxylic acids is 1. The average molecular weight is 382 g/mol. The molecule has 1 fully saturated rings. The number of halogens is 1. The SMILES string of the molecule is COc1ccc(CN2CCC(NC(=O)Nc3ccc(C#N)cc3)CC2)cc1F. The van der Waals surface area contributed by atoms with Crippen molar-refractivity contribution in [2.24, 2.45) is 0 Å². The summed E-state index contributed by atoms with van der Waals surface area (Å²) >= 11 is 0. The van der Waals surface area contributed by atoms with Crippen LogP contribution >= 0.6 is 0 Å². The van der Waals surface area contributed by atoms with Crippen molar-refractivity contribution in [3.8, 4) is 11.8 Å². The third-order valence-corrected chi connectivity index (χ3v) is 4.82. The van der Waals surface area contributed by atoms with Crippen molar-refractivity contribution < 1.29 is 13.9 Å². The Kier molecular flexibility index (Phi) is 6.45. The molecule has 0 atom stereocenters. The molecule has 1 aliphatic rings. The molecule has 0 radical (unpaired) electrons. The number of carbonyl (C=O) groups is 1. The number of anilines is 1. The lowest BCUT2D eigenvalue weighted by Crippen LogP contribution is -2.45. The van der Waals surface area contributed by atoms with E-state index < -0.39 is 0 Å². The van der Waals surface area contributed by atoms with Gasteiger partial charge in [0.05, 0.1) is 18.7 Å². The second-order valence-corrected chi connectivity index (χ2v) is 6.81. The fraction of sp³-hybridized carbons (Fsp3) is 0.333. The molecule has 0 saturated carbocycles. The van der Waals surface area contributed by atoms with E-state index in [4.69, 9.17) is 10.00 Å². The molecule has 28 heavy (non-hydrogen) atoms. The van der Waals surface area contributed by atoms with Crippen molar-refractivity contribution in [3.05, 3.63) is 59.4 Å². The lowest BCUT2D eigenvalue weighted by molar-refractivity contribution is 0.189. The van der Waals surface area contributed by atoms with Crippen LogP contribution in [0.25, 0.3) is 0 Å². The number of amides is 2. The number of hydrogen-bond donors (Lipinski definition) is 2. The number of ether oxygens (including phenoxy) is 1. The van der Waals surface area contributed by atoms with E-state index in [-0.39, 0.29) is 23.6 Å². The molecule has 1 aliphatic heterocycles. The molecule has 3 rings (SSSR count). The molecule has 2 aromatic carbocycles. The number of likely N-dealkylation sites (tertiary alicyclic amines) is 1. The van der Waals surface area contributed by atoms with Gasteiger partial charge in [-0.05, 0) is 54.8 Å². The number of rotatable bonds is 5. The first-order valence-corrected chi connectivity index (χ1v) is 9.20. The summed E-state index contributed by atoms with van der Waals surface area (Å²) in [6, 6.07) is 13.7. The Balaban J connectivity index is 1.44. The van der Waals surface area contributed by atoms with Crippen molar-refractivity contribution >= 4 is 11.7 Å². The zero-order valence-electron chi connectivity index (χ0n) is 15.7. The molecular weight excluding hydrogens is 359 g/mol. The van der Waals surface area contributed by atoms with Gasteiger partial charge in [0.1, 0.15) is 0 Å². The number of piperidine rings is 1. The largest absolute Gasteiger partial charge is 0.494 e. The maximum Gasteiger partial charge on any atom is 0.319 e. The minimum Gasteiger partial charge on any atom is -0.494 e. The Bertz CT molecular complexity index is 856. The number of urea groups is 1. The van der Waals surface area contributed by atoms with E-state index in [2.05, 4.69) is 15.5 Å². The van der Waals surface area contributed by atoms with Gasteiger partial charge < -0.3 is 15.4 Å². The van der Waals surface area contributed by atoms with Crippen LogP contribution in [0.4, 0.5) is 14.9 Å². The van der Waals surface area contributed by atoms with E-state index in [1.54, 1.807) is 30.3 Å². The molecule has 0 bridgehead atoms. The van der Waals surface area contributed by atoms with Gasteiger partial charge in [-0.2, -0.15) is 5.26 Å². The van der Waals surface area contributed by atoms with Crippen molar-refractivity contribution in [3.63, 3.8) is 0 Å². The lowest BCUT2D eigenvalue weighted by atomic mass is 10.0. The van der Waals surface area contributed by atoms with Gasteiger partial charge in [-0.1, -0.05) is 6.07 Å². The lowest BCUT2D eigenvalue weighted by Gasteiger charge is -2.32. The standard InChI is InChI=1S/C21H23FN4O2/c1-28-20-7-4-16(12-19(20)22)14-26-10-8-18(9-11-26)25-21(27)24-17-5-2-15(13-23)3-6-17/h2-7,12,18H,8-11,14H2,1H3,(H2,24,25,27). The Morgan fingerprint density at radius 2 is 1.96 bits per heavy atom. The van der Waals surface area contributed by atoms with E-state index >= 15 is 0 Å². The maximum atomic E-state index is 13.8. The maximum absolute atomic E-state index is 13.8. The molecular formula is C21H23FN4O2. The summed E-state index contributed by atoms with van der Waals surface area (Å²) in [7, 11) is 1.45. The Morgan fingerprint density at radius 3 is 2.57 bits per heavy atom. The predicted octanol–water partition coefficient (Wildman–Crippen LogP) is 3.49. The minimum atomic E-state index is -0.351.